The highest BCUT2D eigenvalue weighted by Gasteiger charge is 1.98. The van der Waals surface area contributed by atoms with E-state index in [-0.39, 0.29) is 0 Å². The monoisotopic (exact) mass is 239 g/mol. The van der Waals surface area contributed by atoms with Crippen LogP contribution >= 0.6 is 0 Å². The van der Waals surface area contributed by atoms with Gasteiger partial charge in [-0.05, 0) is 6.42 Å². The van der Waals surface area contributed by atoms with Gasteiger partial charge in [0.15, 0.2) is 0 Å². The fourth-order valence-electron chi connectivity index (χ4n) is 2.11. The maximum atomic E-state index is 11.0. The largest absolute Gasteiger partial charge is 0.299 e. The van der Waals surface area contributed by atoms with Crippen LogP contribution in [-0.4, -0.2) is 5.78 Å². The molecule has 0 fully saturated rings. The van der Waals surface area contributed by atoms with Crippen LogP contribution in [-0.2, 0) is 4.79 Å². The number of hydrogen-bond acceptors (Lipinski definition) is 1. The molecule has 1 heteroatoms. The zero-order chi connectivity index (χ0) is 12.8. The van der Waals surface area contributed by atoms with Gasteiger partial charge in [0.2, 0.25) is 0 Å². The molecule has 0 aliphatic rings. The molecule has 0 unspecified atom stereocenters. The van der Waals surface area contributed by atoms with Gasteiger partial charge in [-0.1, -0.05) is 78.1 Å². The molecule has 1 nitrogen and oxygen atoms in total. The predicted molar refractivity (Wildman–Crippen MR) is 76.1 cm³/mol. The first-order chi connectivity index (χ1) is 8.31. The molecule has 101 valence electrons. The molecule has 0 aliphatic carbocycles. The molecule has 0 rings (SSSR count). The van der Waals surface area contributed by atoms with Crippen LogP contribution in [0.1, 0.15) is 90.9 Å². The van der Waals surface area contributed by atoms with Crippen molar-refractivity contribution < 1.29 is 4.79 Å². The van der Waals surface area contributed by atoms with Gasteiger partial charge in [-0.2, -0.15) is 0 Å². The van der Waals surface area contributed by atoms with Crippen molar-refractivity contribution in [2.75, 3.05) is 0 Å². The number of unbranched alkanes of at least 4 members (excludes halogenated alkanes) is 10. The van der Waals surface area contributed by atoms with Crippen molar-refractivity contribution in [3.05, 3.63) is 6.42 Å². The number of hydrogen-bond donors (Lipinski definition) is 0. The van der Waals surface area contributed by atoms with E-state index in [4.69, 9.17) is 0 Å². The van der Waals surface area contributed by atoms with Gasteiger partial charge in [0.1, 0.15) is 5.78 Å². The molecule has 1 radical (unpaired) electrons. The van der Waals surface area contributed by atoms with Crippen molar-refractivity contribution >= 4 is 5.78 Å². The summed E-state index contributed by atoms with van der Waals surface area (Å²) in [6.45, 7) is 4.10. The summed E-state index contributed by atoms with van der Waals surface area (Å²) < 4.78 is 0. The molecule has 0 amide bonds. The summed E-state index contributed by atoms with van der Waals surface area (Å²) in [6, 6.07) is 0. The number of Topliss-reactive ketones (excluding diaryl/α,β-unsaturated/α-hetero) is 1. The Morgan fingerprint density at radius 1 is 0.765 bits per heavy atom. The van der Waals surface area contributed by atoms with Crippen LogP contribution in [0.4, 0.5) is 0 Å². The minimum atomic E-state index is 0.306. The van der Waals surface area contributed by atoms with Crippen LogP contribution in [0.3, 0.4) is 0 Å². The quantitative estimate of drug-likeness (QED) is 0.389. The highest BCUT2D eigenvalue weighted by Crippen LogP contribution is 2.12. The molecule has 17 heavy (non-hydrogen) atoms. The summed E-state index contributed by atoms with van der Waals surface area (Å²) >= 11 is 0. The van der Waals surface area contributed by atoms with Gasteiger partial charge in [-0.15, -0.1) is 0 Å². The van der Waals surface area contributed by atoms with Crippen LogP contribution in [0.25, 0.3) is 0 Å². The smallest absolute Gasteiger partial charge is 0.136 e. The van der Waals surface area contributed by atoms with E-state index in [2.05, 4.69) is 6.92 Å². The maximum absolute atomic E-state index is 11.0. The second kappa shape index (κ2) is 13.7. The van der Waals surface area contributed by atoms with Gasteiger partial charge in [-0.3, -0.25) is 4.79 Å². The first-order valence-electron chi connectivity index (χ1n) is 7.63. The van der Waals surface area contributed by atoms with Gasteiger partial charge in [0.05, 0.1) is 0 Å². The minimum absolute atomic E-state index is 0.306. The number of carbonyl (C=O) groups excluding carboxylic acids is 1. The summed E-state index contributed by atoms with van der Waals surface area (Å²) in [4.78, 5) is 11.0. The second-order valence-electron chi connectivity index (χ2n) is 5.04. The Morgan fingerprint density at radius 3 is 1.59 bits per heavy atom. The molecule has 0 saturated carbocycles. The fraction of sp³-hybridized carbons (Fsp3) is 0.875. The third-order valence-corrected chi connectivity index (χ3v) is 3.35. The Balaban J connectivity index is 2.96. The summed E-state index contributed by atoms with van der Waals surface area (Å²) in [5, 5.41) is 0. The molecule has 0 heterocycles. The average Bonchev–Trinajstić information content (AvgIpc) is 2.35. The van der Waals surface area contributed by atoms with E-state index in [1.165, 1.54) is 64.2 Å². The molecule has 0 N–H and O–H groups in total. The molecule has 0 aliphatic heterocycles. The van der Waals surface area contributed by atoms with E-state index in [0.29, 0.717) is 5.78 Å². The predicted octanol–water partition coefficient (Wildman–Crippen LogP) is 5.48. The standard InChI is InChI=1S/C16H31O/c1-3-5-6-7-8-9-10-11-12-13-14-15-16(17)4-2/h4H,3,5-15H2,1-2H3. The Kier molecular flexibility index (Phi) is 13.5. The van der Waals surface area contributed by atoms with Crippen molar-refractivity contribution in [3.8, 4) is 0 Å². The highest BCUT2D eigenvalue weighted by atomic mass is 16.1. The van der Waals surface area contributed by atoms with Crippen LogP contribution in [0.5, 0.6) is 0 Å². The Bertz CT molecular complexity index is 163. The van der Waals surface area contributed by atoms with E-state index >= 15 is 0 Å². The van der Waals surface area contributed by atoms with Crippen molar-refractivity contribution in [2.45, 2.75) is 90.9 Å². The molecule has 0 aromatic heterocycles. The third-order valence-electron chi connectivity index (χ3n) is 3.35. The maximum Gasteiger partial charge on any atom is 0.136 e. The summed E-state index contributed by atoms with van der Waals surface area (Å²) in [5.74, 6) is 0.306. The minimum Gasteiger partial charge on any atom is -0.299 e. The van der Waals surface area contributed by atoms with Gasteiger partial charge in [-0.25, -0.2) is 0 Å². The van der Waals surface area contributed by atoms with Crippen LogP contribution in [0.15, 0.2) is 0 Å². The van der Waals surface area contributed by atoms with Crippen molar-refractivity contribution in [3.63, 3.8) is 0 Å². The lowest BCUT2D eigenvalue weighted by Gasteiger charge is -2.02. The molecular formula is C16H31O. The summed E-state index contributed by atoms with van der Waals surface area (Å²) in [5.41, 5.74) is 0. The van der Waals surface area contributed by atoms with Gasteiger partial charge in [0.25, 0.3) is 0 Å². The lowest BCUT2D eigenvalue weighted by Crippen LogP contribution is -1.94. The first-order valence-corrected chi connectivity index (χ1v) is 7.63. The van der Waals surface area contributed by atoms with Gasteiger partial charge in [0, 0.05) is 12.8 Å². The number of carbonyl (C=O) groups is 1. The second-order valence-corrected chi connectivity index (χ2v) is 5.04. The summed E-state index contributed by atoms with van der Waals surface area (Å²) in [6.07, 6.45) is 17.2. The summed E-state index contributed by atoms with van der Waals surface area (Å²) in [7, 11) is 0. The van der Waals surface area contributed by atoms with Crippen molar-refractivity contribution in [1.82, 2.24) is 0 Å². The van der Waals surface area contributed by atoms with Crippen LogP contribution < -0.4 is 0 Å². The van der Waals surface area contributed by atoms with E-state index in [9.17, 15) is 4.79 Å². The van der Waals surface area contributed by atoms with Gasteiger partial charge < -0.3 is 0 Å². The number of rotatable bonds is 13. The zero-order valence-electron chi connectivity index (χ0n) is 12.0. The highest BCUT2D eigenvalue weighted by molar-refractivity contribution is 5.86. The van der Waals surface area contributed by atoms with E-state index < -0.39 is 0 Å². The molecule has 0 aromatic carbocycles. The average molecular weight is 239 g/mol. The van der Waals surface area contributed by atoms with Gasteiger partial charge >= 0.3 is 0 Å². The lowest BCUT2D eigenvalue weighted by atomic mass is 10.0. The molecule has 0 saturated heterocycles. The molecule has 0 aromatic rings. The Labute approximate surface area is 108 Å². The number of ketones is 1. The SMILES string of the molecule is C[CH]C(=O)CCCCCCCCCCCCC. The molecular weight excluding hydrogens is 208 g/mol. The van der Waals surface area contributed by atoms with E-state index in [1.54, 1.807) is 6.42 Å². The van der Waals surface area contributed by atoms with E-state index in [1.807, 2.05) is 6.92 Å². The fourth-order valence-corrected chi connectivity index (χ4v) is 2.11. The van der Waals surface area contributed by atoms with E-state index in [0.717, 1.165) is 12.8 Å². The Hall–Kier alpha value is -0.330. The zero-order valence-corrected chi connectivity index (χ0v) is 12.0. The normalized spacial score (nSPS) is 10.7. The Morgan fingerprint density at radius 2 is 1.18 bits per heavy atom. The van der Waals surface area contributed by atoms with Crippen molar-refractivity contribution in [1.29, 1.82) is 0 Å². The van der Waals surface area contributed by atoms with Crippen LogP contribution in [0.2, 0.25) is 0 Å². The lowest BCUT2D eigenvalue weighted by molar-refractivity contribution is -0.115. The first kappa shape index (κ1) is 16.7. The molecule has 0 atom stereocenters. The molecule has 0 spiro atoms. The van der Waals surface area contributed by atoms with Crippen molar-refractivity contribution in [2.24, 2.45) is 0 Å². The molecule has 0 bridgehead atoms. The topological polar surface area (TPSA) is 17.1 Å². The third kappa shape index (κ3) is 13.6. The van der Waals surface area contributed by atoms with Crippen LogP contribution in [0, 0.1) is 6.42 Å².